The lowest BCUT2D eigenvalue weighted by Crippen LogP contribution is -1.94. The Morgan fingerprint density at radius 3 is 2.29 bits per heavy atom. The molecule has 0 radical (unpaired) electrons. The molecule has 0 N–H and O–H groups in total. The lowest BCUT2D eigenvalue weighted by atomic mass is 10.2. The minimum absolute atomic E-state index is 0.0240. The van der Waals surface area contributed by atoms with Crippen molar-refractivity contribution in [2.24, 2.45) is 0 Å². The molecular formula is C13H7Cl4NO3. The lowest BCUT2D eigenvalue weighted by molar-refractivity contribution is -0.385. The lowest BCUT2D eigenvalue weighted by Gasteiger charge is -2.09. The number of halogens is 4. The second-order valence-electron chi connectivity index (χ2n) is 3.98. The van der Waals surface area contributed by atoms with Gasteiger partial charge in [0.2, 0.25) is 5.75 Å². The van der Waals surface area contributed by atoms with Crippen LogP contribution in [0.25, 0.3) is 0 Å². The maximum Gasteiger partial charge on any atom is 0.313 e. The zero-order valence-corrected chi connectivity index (χ0v) is 13.3. The van der Waals surface area contributed by atoms with Gasteiger partial charge < -0.3 is 4.74 Å². The summed E-state index contributed by atoms with van der Waals surface area (Å²) in [5.74, 6) is 0.561. The van der Waals surface area contributed by atoms with Gasteiger partial charge in [0, 0.05) is 23.0 Å². The third-order valence-corrected chi connectivity index (χ3v) is 3.96. The summed E-state index contributed by atoms with van der Waals surface area (Å²) < 4.78 is 5.47. The zero-order valence-electron chi connectivity index (χ0n) is 10.3. The predicted molar refractivity (Wildman–Crippen MR) is 84.2 cm³/mol. The summed E-state index contributed by atoms with van der Waals surface area (Å²) in [6, 6.07) is 7.22. The van der Waals surface area contributed by atoms with Gasteiger partial charge in [0.1, 0.15) is 5.75 Å². The summed E-state index contributed by atoms with van der Waals surface area (Å²) >= 11 is 23.3. The van der Waals surface area contributed by atoms with Crippen molar-refractivity contribution in [1.29, 1.82) is 0 Å². The Kier molecular flexibility index (Phi) is 5.17. The van der Waals surface area contributed by atoms with Crippen LogP contribution in [-0.2, 0) is 5.88 Å². The molecule has 2 aromatic carbocycles. The Hall–Kier alpha value is -1.20. The molecule has 0 aliphatic rings. The number of hydrogen-bond acceptors (Lipinski definition) is 3. The number of alkyl halides is 1. The maximum atomic E-state index is 11.0. The van der Waals surface area contributed by atoms with Crippen molar-refractivity contribution in [3.8, 4) is 11.5 Å². The average molecular weight is 367 g/mol. The van der Waals surface area contributed by atoms with Gasteiger partial charge in [-0.05, 0) is 17.7 Å². The Bertz CT molecular complexity index is 706. The van der Waals surface area contributed by atoms with Crippen LogP contribution in [0.5, 0.6) is 11.5 Å². The van der Waals surface area contributed by atoms with Crippen LogP contribution in [0.15, 0.2) is 30.3 Å². The first-order valence-electron chi connectivity index (χ1n) is 5.58. The maximum absolute atomic E-state index is 11.0. The van der Waals surface area contributed by atoms with Gasteiger partial charge in [0.25, 0.3) is 0 Å². The monoisotopic (exact) mass is 365 g/mol. The van der Waals surface area contributed by atoms with Gasteiger partial charge in [0.05, 0.1) is 15.0 Å². The van der Waals surface area contributed by atoms with Crippen LogP contribution in [0.3, 0.4) is 0 Å². The van der Waals surface area contributed by atoms with E-state index >= 15 is 0 Å². The van der Waals surface area contributed by atoms with E-state index in [1.54, 1.807) is 12.1 Å². The molecule has 0 atom stereocenters. The second-order valence-corrected chi connectivity index (χ2v) is 5.47. The van der Waals surface area contributed by atoms with Crippen LogP contribution in [0.4, 0.5) is 5.69 Å². The molecule has 8 heteroatoms. The number of ether oxygens (including phenoxy) is 1. The number of nitro benzene ring substituents is 1. The summed E-state index contributed by atoms with van der Waals surface area (Å²) in [6.45, 7) is 0. The van der Waals surface area contributed by atoms with Crippen LogP contribution in [0.1, 0.15) is 5.56 Å². The fourth-order valence-electron chi connectivity index (χ4n) is 1.57. The highest BCUT2D eigenvalue weighted by atomic mass is 35.5. The van der Waals surface area contributed by atoms with Gasteiger partial charge in [-0.15, -0.1) is 11.6 Å². The summed E-state index contributed by atoms with van der Waals surface area (Å²) in [5, 5.41) is 11.7. The van der Waals surface area contributed by atoms with Gasteiger partial charge in [-0.25, -0.2) is 0 Å². The smallest absolute Gasteiger partial charge is 0.313 e. The molecule has 0 amide bonds. The van der Waals surface area contributed by atoms with Crippen molar-refractivity contribution < 1.29 is 9.66 Å². The van der Waals surface area contributed by atoms with Crippen molar-refractivity contribution in [3.05, 3.63) is 61.1 Å². The summed E-state index contributed by atoms with van der Waals surface area (Å²) in [7, 11) is 0. The average Bonchev–Trinajstić information content (AvgIpc) is 2.42. The molecule has 0 spiro atoms. The molecule has 0 heterocycles. The Morgan fingerprint density at radius 1 is 1.05 bits per heavy atom. The van der Waals surface area contributed by atoms with E-state index in [4.69, 9.17) is 51.1 Å². The molecule has 110 valence electrons. The van der Waals surface area contributed by atoms with Crippen LogP contribution in [0, 0.1) is 10.1 Å². The fourth-order valence-corrected chi connectivity index (χ4v) is 2.42. The SMILES string of the molecule is O=[N+]([O-])c1cc(Cl)c(Cl)cc1Oc1ccc(CCl)c(Cl)c1. The molecule has 0 aromatic heterocycles. The van der Waals surface area contributed by atoms with Crippen LogP contribution >= 0.6 is 46.4 Å². The predicted octanol–water partition coefficient (Wildman–Crippen LogP) is 6.09. The molecule has 0 saturated heterocycles. The standard InChI is InChI=1S/C13H7Cl4NO3/c14-6-7-1-2-8(3-9(7)15)21-13-5-11(17)10(16)4-12(13)18(19)20/h1-5H,6H2. The van der Waals surface area contributed by atoms with E-state index in [0.717, 1.165) is 11.6 Å². The molecule has 4 nitrogen and oxygen atoms in total. The third kappa shape index (κ3) is 3.71. The summed E-state index contributed by atoms with van der Waals surface area (Å²) in [5.41, 5.74) is 0.441. The van der Waals surface area contributed by atoms with Crippen LogP contribution in [-0.4, -0.2) is 4.92 Å². The number of rotatable bonds is 4. The molecule has 0 unspecified atom stereocenters. The van der Waals surface area contributed by atoms with Gasteiger partial charge in [-0.3, -0.25) is 10.1 Å². The third-order valence-electron chi connectivity index (χ3n) is 2.59. The number of nitrogens with zero attached hydrogens (tertiary/aromatic N) is 1. The minimum Gasteiger partial charge on any atom is -0.450 e. The number of hydrogen-bond donors (Lipinski definition) is 0. The van der Waals surface area contributed by atoms with E-state index in [1.165, 1.54) is 12.1 Å². The topological polar surface area (TPSA) is 52.4 Å². The second kappa shape index (κ2) is 6.71. The highest BCUT2D eigenvalue weighted by Crippen LogP contribution is 2.38. The van der Waals surface area contributed by atoms with Crippen molar-refractivity contribution in [2.45, 2.75) is 5.88 Å². The fraction of sp³-hybridized carbons (Fsp3) is 0.0769. The first kappa shape index (κ1) is 16.2. The number of benzene rings is 2. The molecule has 0 saturated carbocycles. The van der Waals surface area contributed by atoms with Gasteiger partial charge in [0.15, 0.2) is 0 Å². The highest BCUT2D eigenvalue weighted by Gasteiger charge is 2.19. The first-order valence-corrected chi connectivity index (χ1v) is 7.25. The molecular weight excluding hydrogens is 360 g/mol. The van der Waals surface area contributed by atoms with E-state index in [0.29, 0.717) is 10.8 Å². The van der Waals surface area contributed by atoms with Crippen LogP contribution < -0.4 is 4.74 Å². The first-order chi connectivity index (χ1) is 9.92. The molecule has 2 rings (SSSR count). The largest absolute Gasteiger partial charge is 0.450 e. The van der Waals surface area contributed by atoms with E-state index in [1.807, 2.05) is 0 Å². The van der Waals surface area contributed by atoms with E-state index in [2.05, 4.69) is 0 Å². The quantitative estimate of drug-likeness (QED) is 0.374. The zero-order chi connectivity index (χ0) is 15.6. The van der Waals surface area contributed by atoms with E-state index < -0.39 is 4.92 Å². The Labute approximate surface area is 140 Å². The summed E-state index contributed by atoms with van der Waals surface area (Å²) in [4.78, 5) is 10.4. The molecule has 21 heavy (non-hydrogen) atoms. The van der Waals surface area contributed by atoms with Crippen LogP contribution in [0.2, 0.25) is 15.1 Å². The van der Waals surface area contributed by atoms with Crippen molar-refractivity contribution in [2.75, 3.05) is 0 Å². The Morgan fingerprint density at radius 2 is 1.71 bits per heavy atom. The van der Waals surface area contributed by atoms with Gasteiger partial charge in [-0.1, -0.05) is 40.9 Å². The van der Waals surface area contributed by atoms with Gasteiger partial charge in [-0.2, -0.15) is 0 Å². The normalized spacial score (nSPS) is 10.5. The highest BCUT2D eigenvalue weighted by molar-refractivity contribution is 6.42. The van der Waals surface area contributed by atoms with Crippen molar-refractivity contribution in [3.63, 3.8) is 0 Å². The Balaban J connectivity index is 2.41. The molecule has 0 aliphatic heterocycles. The van der Waals surface area contributed by atoms with Gasteiger partial charge >= 0.3 is 5.69 Å². The van der Waals surface area contributed by atoms with E-state index in [-0.39, 0.29) is 27.4 Å². The van der Waals surface area contributed by atoms with Crippen molar-refractivity contribution in [1.82, 2.24) is 0 Å². The van der Waals surface area contributed by atoms with E-state index in [9.17, 15) is 10.1 Å². The summed E-state index contributed by atoms with van der Waals surface area (Å²) in [6.07, 6.45) is 0. The van der Waals surface area contributed by atoms with Crippen molar-refractivity contribution >= 4 is 52.1 Å². The molecule has 2 aromatic rings. The molecule has 0 fully saturated rings. The number of nitro groups is 1. The minimum atomic E-state index is -0.605. The molecule has 0 aliphatic carbocycles. The molecule has 0 bridgehead atoms.